The third-order valence-electron chi connectivity index (χ3n) is 6.66. The maximum atomic E-state index is 12.8. The highest BCUT2D eigenvalue weighted by molar-refractivity contribution is 7.80. The monoisotopic (exact) mass is 509 g/mol. The van der Waals surface area contributed by atoms with Gasteiger partial charge in [-0.15, -0.1) is 11.3 Å². The number of nitrogens with zero attached hydrogens (tertiary/aromatic N) is 5. The minimum absolute atomic E-state index is 0.180. The minimum Gasteiger partial charge on any atom is -0.378 e. The number of carbonyl (C=O) groups is 1. The highest BCUT2D eigenvalue weighted by atomic mass is 32.1. The van der Waals surface area contributed by atoms with Gasteiger partial charge in [0.05, 0.1) is 10.7 Å². The number of rotatable bonds is 6. The molecule has 10 heteroatoms. The van der Waals surface area contributed by atoms with Crippen LogP contribution in [0.15, 0.2) is 35.7 Å². The van der Waals surface area contributed by atoms with Crippen molar-refractivity contribution in [3.8, 4) is 0 Å². The van der Waals surface area contributed by atoms with E-state index in [0.717, 1.165) is 58.9 Å². The Labute approximate surface area is 215 Å². The van der Waals surface area contributed by atoms with Crippen LogP contribution in [0.25, 0.3) is 0 Å². The zero-order valence-electron chi connectivity index (χ0n) is 20.3. The summed E-state index contributed by atoms with van der Waals surface area (Å²) in [5.41, 5.74) is 3.68. The Kier molecular flexibility index (Phi) is 6.75. The maximum Gasteiger partial charge on any atom is 0.276 e. The van der Waals surface area contributed by atoms with Crippen LogP contribution < -0.4 is 15.5 Å². The summed E-state index contributed by atoms with van der Waals surface area (Å²) in [6, 6.07) is 10.2. The molecule has 1 aromatic carbocycles. The molecule has 35 heavy (non-hydrogen) atoms. The molecule has 2 N–H and O–H groups in total. The number of anilines is 3. The SMILES string of the molecule is CN(C)c1ccc(NC(=S)N2CCC(c3nc(C(=O)Nc4cc(C5CC5)nn4C)cs3)CC2)cc1. The molecule has 1 amide bonds. The van der Waals surface area contributed by atoms with E-state index in [1.54, 1.807) is 16.0 Å². The normalized spacial score (nSPS) is 16.3. The summed E-state index contributed by atoms with van der Waals surface area (Å²) in [6.07, 6.45) is 4.29. The van der Waals surface area contributed by atoms with Gasteiger partial charge in [-0.25, -0.2) is 4.98 Å². The first-order valence-electron chi connectivity index (χ1n) is 12.0. The second kappa shape index (κ2) is 9.94. The molecule has 1 saturated carbocycles. The topological polar surface area (TPSA) is 78.3 Å². The molecular formula is C25H31N7OS2. The molecule has 1 aliphatic heterocycles. The number of hydrogen-bond acceptors (Lipinski definition) is 6. The molecule has 0 atom stereocenters. The number of amides is 1. The lowest BCUT2D eigenvalue weighted by atomic mass is 9.98. The van der Waals surface area contributed by atoms with Crippen LogP contribution in [0.1, 0.15) is 58.7 Å². The summed E-state index contributed by atoms with van der Waals surface area (Å²) < 4.78 is 1.74. The molecule has 2 aliphatic rings. The molecule has 5 rings (SSSR count). The van der Waals surface area contributed by atoms with E-state index < -0.39 is 0 Å². The standard InChI is InChI=1S/C25H31N7OS2/c1-30(2)19-8-6-18(7-9-19)26-25(34)32-12-10-17(11-13-32)24-27-21(15-35-24)23(33)28-22-14-20(16-4-5-16)29-31(22)3/h6-9,14-17H,4-5,10-13H2,1-3H3,(H,26,34)(H,28,33). The predicted octanol–water partition coefficient (Wildman–Crippen LogP) is 4.65. The lowest BCUT2D eigenvalue weighted by molar-refractivity contribution is 0.102. The molecule has 0 radical (unpaired) electrons. The first kappa shape index (κ1) is 23.7. The summed E-state index contributed by atoms with van der Waals surface area (Å²) in [6.45, 7) is 1.73. The molecule has 3 aromatic rings. The van der Waals surface area contributed by atoms with Crippen LogP contribution in [0, 0.1) is 0 Å². The third-order valence-corrected chi connectivity index (χ3v) is 8.02. The van der Waals surface area contributed by atoms with E-state index in [2.05, 4.69) is 54.8 Å². The summed E-state index contributed by atoms with van der Waals surface area (Å²) in [5.74, 6) is 1.44. The molecule has 1 saturated heterocycles. The number of piperidine rings is 1. The molecule has 2 aromatic heterocycles. The van der Waals surface area contributed by atoms with Gasteiger partial charge in [-0.3, -0.25) is 9.48 Å². The zero-order valence-corrected chi connectivity index (χ0v) is 22.0. The maximum absolute atomic E-state index is 12.8. The lowest BCUT2D eigenvalue weighted by Crippen LogP contribution is -2.40. The Morgan fingerprint density at radius 2 is 1.80 bits per heavy atom. The van der Waals surface area contributed by atoms with Crippen LogP contribution in [0.2, 0.25) is 0 Å². The van der Waals surface area contributed by atoms with Gasteiger partial charge in [0, 0.05) is 68.9 Å². The van der Waals surface area contributed by atoms with Gasteiger partial charge in [0.25, 0.3) is 5.91 Å². The molecule has 1 aliphatic carbocycles. The Morgan fingerprint density at radius 3 is 2.46 bits per heavy atom. The number of nitrogens with one attached hydrogen (secondary N) is 2. The van der Waals surface area contributed by atoms with Gasteiger partial charge in [-0.1, -0.05) is 0 Å². The van der Waals surface area contributed by atoms with E-state index in [-0.39, 0.29) is 5.91 Å². The fourth-order valence-electron chi connectivity index (χ4n) is 4.32. The van der Waals surface area contributed by atoms with Crippen molar-refractivity contribution in [3.05, 3.63) is 52.1 Å². The number of likely N-dealkylation sites (tertiary alicyclic amines) is 1. The van der Waals surface area contributed by atoms with E-state index >= 15 is 0 Å². The largest absolute Gasteiger partial charge is 0.378 e. The summed E-state index contributed by atoms with van der Waals surface area (Å²) in [5, 5.41) is 14.5. The quantitative estimate of drug-likeness (QED) is 0.469. The highest BCUT2D eigenvalue weighted by Gasteiger charge is 2.28. The summed E-state index contributed by atoms with van der Waals surface area (Å²) in [4.78, 5) is 21.8. The van der Waals surface area contributed by atoms with Gasteiger partial charge >= 0.3 is 0 Å². The van der Waals surface area contributed by atoms with Crippen molar-refractivity contribution in [2.24, 2.45) is 7.05 Å². The van der Waals surface area contributed by atoms with Crippen LogP contribution >= 0.6 is 23.6 Å². The molecule has 184 valence electrons. The van der Waals surface area contributed by atoms with Gasteiger partial charge in [0.2, 0.25) is 0 Å². The minimum atomic E-state index is -0.180. The van der Waals surface area contributed by atoms with Crippen LogP contribution in [-0.2, 0) is 7.05 Å². The molecular weight excluding hydrogens is 478 g/mol. The van der Waals surface area contributed by atoms with Gasteiger partial charge in [-0.2, -0.15) is 5.10 Å². The number of benzene rings is 1. The van der Waals surface area contributed by atoms with Crippen LogP contribution in [0.3, 0.4) is 0 Å². The van der Waals surface area contributed by atoms with E-state index in [4.69, 9.17) is 12.2 Å². The van der Waals surface area contributed by atoms with Crippen molar-refractivity contribution in [2.45, 2.75) is 37.5 Å². The van der Waals surface area contributed by atoms with Crippen LogP contribution in [0.4, 0.5) is 17.2 Å². The van der Waals surface area contributed by atoms with E-state index in [9.17, 15) is 4.79 Å². The van der Waals surface area contributed by atoms with E-state index in [1.807, 2.05) is 32.6 Å². The Hall–Kier alpha value is -2.98. The van der Waals surface area contributed by atoms with Crippen molar-refractivity contribution >= 4 is 51.8 Å². The number of thiocarbonyl (C=S) groups is 1. The van der Waals surface area contributed by atoms with Crippen molar-refractivity contribution in [1.29, 1.82) is 0 Å². The molecule has 3 heterocycles. The number of hydrogen-bond donors (Lipinski definition) is 2. The molecule has 8 nitrogen and oxygen atoms in total. The zero-order chi connectivity index (χ0) is 24.5. The summed E-state index contributed by atoms with van der Waals surface area (Å²) in [7, 11) is 5.92. The number of aromatic nitrogens is 3. The predicted molar refractivity (Wildman–Crippen MR) is 146 cm³/mol. The lowest BCUT2D eigenvalue weighted by Gasteiger charge is -2.33. The Morgan fingerprint density at radius 1 is 1.09 bits per heavy atom. The van der Waals surface area contributed by atoms with Crippen molar-refractivity contribution in [2.75, 3.05) is 42.7 Å². The van der Waals surface area contributed by atoms with Crippen molar-refractivity contribution < 1.29 is 4.79 Å². The fraction of sp³-hybridized carbons (Fsp3) is 0.440. The third kappa shape index (κ3) is 5.48. The molecule has 2 fully saturated rings. The van der Waals surface area contributed by atoms with Gasteiger partial charge in [0.1, 0.15) is 11.5 Å². The molecule has 0 bridgehead atoms. The average molecular weight is 510 g/mol. The number of thiazole rings is 1. The number of carbonyl (C=O) groups excluding carboxylic acids is 1. The Bertz CT molecular complexity index is 1200. The first-order chi connectivity index (χ1) is 16.9. The Balaban J connectivity index is 1.13. The van der Waals surface area contributed by atoms with Crippen molar-refractivity contribution in [3.63, 3.8) is 0 Å². The van der Waals surface area contributed by atoms with Crippen LogP contribution in [-0.4, -0.2) is 57.9 Å². The average Bonchev–Trinajstić information content (AvgIpc) is 3.47. The van der Waals surface area contributed by atoms with E-state index in [0.29, 0.717) is 17.5 Å². The van der Waals surface area contributed by atoms with E-state index in [1.165, 1.54) is 12.8 Å². The fourth-order valence-corrected chi connectivity index (χ4v) is 5.59. The van der Waals surface area contributed by atoms with Crippen molar-refractivity contribution in [1.82, 2.24) is 19.7 Å². The van der Waals surface area contributed by atoms with Crippen LogP contribution in [0.5, 0.6) is 0 Å². The second-order valence-electron chi connectivity index (χ2n) is 9.51. The highest BCUT2D eigenvalue weighted by Crippen LogP contribution is 2.40. The summed E-state index contributed by atoms with van der Waals surface area (Å²) >= 11 is 7.23. The van der Waals surface area contributed by atoms with Gasteiger partial charge in [0.15, 0.2) is 5.11 Å². The first-order valence-corrected chi connectivity index (χ1v) is 13.3. The molecule has 0 unspecified atom stereocenters. The van der Waals surface area contributed by atoms with Gasteiger partial charge in [-0.05, 0) is 62.2 Å². The smallest absolute Gasteiger partial charge is 0.276 e. The van der Waals surface area contributed by atoms with Gasteiger partial charge < -0.3 is 20.4 Å². The molecule has 0 spiro atoms. The number of aryl methyl sites for hydroxylation is 1. The second-order valence-corrected chi connectivity index (χ2v) is 10.8.